The normalized spacial score (nSPS) is 9.88. The Morgan fingerprint density at radius 2 is 2.38 bits per heavy atom. The number of aromatic nitrogens is 1. The standard InChI is InChI=1S/C10H14N2O4/c1-2-15-10(14)7-5-9(16-4-3-13)12-6-8(7)11/h5-6,13H,2-4,11H2,1H3. The minimum Gasteiger partial charge on any atom is -0.475 e. The van der Waals surface area contributed by atoms with E-state index in [0.717, 1.165) is 0 Å². The van der Waals surface area contributed by atoms with Crippen molar-refractivity contribution in [1.29, 1.82) is 0 Å². The van der Waals surface area contributed by atoms with E-state index in [0.29, 0.717) is 0 Å². The van der Waals surface area contributed by atoms with E-state index in [1.807, 2.05) is 0 Å². The van der Waals surface area contributed by atoms with Crippen LogP contribution in [0.1, 0.15) is 17.3 Å². The smallest absolute Gasteiger partial charge is 0.340 e. The van der Waals surface area contributed by atoms with Crippen LogP contribution in [0.5, 0.6) is 5.88 Å². The van der Waals surface area contributed by atoms with Crippen molar-refractivity contribution in [2.24, 2.45) is 0 Å². The zero-order valence-electron chi connectivity index (χ0n) is 8.97. The van der Waals surface area contributed by atoms with Gasteiger partial charge in [0.25, 0.3) is 0 Å². The maximum atomic E-state index is 11.5. The number of hydrogen-bond acceptors (Lipinski definition) is 6. The molecule has 1 rings (SSSR count). The van der Waals surface area contributed by atoms with Gasteiger partial charge in [-0.3, -0.25) is 0 Å². The van der Waals surface area contributed by atoms with E-state index in [1.165, 1.54) is 12.3 Å². The van der Waals surface area contributed by atoms with Gasteiger partial charge in [0.2, 0.25) is 5.88 Å². The molecular formula is C10H14N2O4. The minimum atomic E-state index is -0.517. The highest BCUT2D eigenvalue weighted by Crippen LogP contribution is 2.17. The number of aliphatic hydroxyl groups is 1. The third-order valence-electron chi connectivity index (χ3n) is 1.75. The maximum absolute atomic E-state index is 11.5. The van der Waals surface area contributed by atoms with Gasteiger partial charge in [-0.15, -0.1) is 0 Å². The molecule has 1 aromatic rings. The average molecular weight is 226 g/mol. The number of ether oxygens (including phenoxy) is 2. The largest absolute Gasteiger partial charge is 0.475 e. The molecule has 3 N–H and O–H groups in total. The predicted molar refractivity (Wildman–Crippen MR) is 57.2 cm³/mol. The second kappa shape index (κ2) is 5.92. The molecule has 6 nitrogen and oxygen atoms in total. The molecule has 0 bridgehead atoms. The molecule has 0 aliphatic heterocycles. The van der Waals surface area contributed by atoms with Crippen molar-refractivity contribution in [1.82, 2.24) is 4.98 Å². The molecule has 0 aliphatic rings. The van der Waals surface area contributed by atoms with Crippen LogP contribution < -0.4 is 10.5 Å². The van der Waals surface area contributed by atoms with Gasteiger partial charge in [-0.2, -0.15) is 0 Å². The van der Waals surface area contributed by atoms with E-state index in [4.69, 9.17) is 20.3 Å². The van der Waals surface area contributed by atoms with E-state index < -0.39 is 5.97 Å². The molecular weight excluding hydrogens is 212 g/mol. The monoisotopic (exact) mass is 226 g/mol. The summed E-state index contributed by atoms with van der Waals surface area (Å²) >= 11 is 0. The SMILES string of the molecule is CCOC(=O)c1cc(OCCO)ncc1N. The van der Waals surface area contributed by atoms with Crippen LogP contribution in [0.25, 0.3) is 0 Å². The fourth-order valence-electron chi connectivity index (χ4n) is 1.06. The van der Waals surface area contributed by atoms with Gasteiger partial charge < -0.3 is 20.3 Å². The molecule has 0 saturated heterocycles. The summed E-state index contributed by atoms with van der Waals surface area (Å²) in [6.07, 6.45) is 1.32. The molecule has 0 aromatic carbocycles. The number of hydrogen-bond donors (Lipinski definition) is 2. The van der Waals surface area contributed by atoms with Gasteiger partial charge in [0.15, 0.2) is 0 Å². The summed E-state index contributed by atoms with van der Waals surface area (Å²) in [4.78, 5) is 15.3. The Morgan fingerprint density at radius 3 is 3.00 bits per heavy atom. The van der Waals surface area contributed by atoms with Crippen molar-refractivity contribution in [2.45, 2.75) is 6.92 Å². The van der Waals surface area contributed by atoms with Gasteiger partial charge in [-0.25, -0.2) is 9.78 Å². The number of anilines is 1. The van der Waals surface area contributed by atoms with Crippen molar-refractivity contribution in [3.05, 3.63) is 17.8 Å². The summed E-state index contributed by atoms with van der Waals surface area (Å²) in [6, 6.07) is 1.39. The van der Waals surface area contributed by atoms with Gasteiger partial charge >= 0.3 is 5.97 Å². The van der Waals surface area contributed by atoms with Gasteiger partial charge in [0.1, 0.15) is 6.61 Å². The number of aliphatic hydroxyl groups excluding tert-OH is 1. The molecule has 0 fully saturated rings. The summed E-state index contributed by atoms with van der Waals surface area (Å²) in [5, 5.41) is 8.58. The maximum Gasteiger partial charge on any atom is 0.340 e. The third kappa shape index (κ3) is 3.09. The van der Waals surface area contributed by atoms with Crippen LogP contribution in [-0.2, 0) is 4.74 Å². The van der Waals surface area contributed by atoms with Gasteiger partial charge in [-0.05, 0) is 6.92 Å². The van der Waals surface area contributed by atoms with Crippen LogP contribution in [0.15, 0.2) is 12.3 Å². The summed E-state index contributed by atoms with van der Waals surface area (Å²) < 4.78 is 9.87. The molecule has 1 aromatic heterocycles. The lowest BCUT2D eigenvalue weighted by Gasteiger charge is -2.07. The summed E-state index contributed by atoms with van der Waals surface area (Å²) in [6.45, 7) is 1.96. The van der Waals surface area contributed by atoms with Crippen molar-refractivity contribution in [3.63, 3.8) is 0 Å². The van der Waals surface area contributed by atoms with E-state index in [-0.39, 0.29) is 37.0 Å². The second-order valence-electron chi connectivity index (χ2n) is 2.90. The molecule has 0 unspecified atom stereocenters. The quantitative estimate of drug-likeness (QED) is 0.697. The highest BCUT2D eigenvalue weighted by Gasteiger charge is 2.12. The van der Waals surface area contributed by atoms with E-state index in [9.17, 15) is 4.79 Å². The Morgan fingerprint density at radius 1 is 1.62 bits per heavy atom. The van der Waals surface area contributed by atoms with E-state index in [1.54, 1.807) is 6.92 Å². The Hall–Kier alpha value is -1.82. The molecule has 0 aliphatic carbocycles. The van der Waals surface area contributed by atoms with Crippen molar-refractivity contribution >= 4 is 11.7 Å². The summed E-state index contributed by atoms with van der Waals surface area (Å²) in [5.74, 6) is -0.289. The van der Waals surface area contributed by atoms with E-state index in [2.05, 4.69) is 4.98 Å². The highest BCUT2D eigenvalue weighted by atomic mass is 16.5. The van der Waals surface area contributed by atoms with Crippen molar-refractivity contribution in [2.75, 3.05) is 25.6 Å². The molecule has 0 spiro atoms. The minimum absolute atomic E-state index is 0.110. The lowest BCUT2D eigenvalue weighted by molar-refractivity contribution is 0.0527. The number of carbonyl (C=O) groups excluding carboxylic acids is 1. The van der Waals surface area contributed by atoms with Crippen LogP contribution in [0.3, 0.4) is 0 Å². The first-order valence-corrected chi connectivity index (χ1v) is 4.85. The third-order valence-corrected chi connectivity index (χ3v) is 1.75. The molecule has 88 valence electrons. The molecule has 0 atom stereocenters. The number of carbonyl (C=O) groups is 1. The van der Waals surface area contributed by atoms with Crippen LogP contribution >= 0.6 is 0 Å². The molecule has 0 saturated carbocycles. The second-order valence-corrected chi connectivity index (χ2v) is 2.90. The number of nitrogen functional groups attached to an aromatic ring is 1. The number of nitrogens with zero attached hydrogens (tertiary/aromatic N) is 1. The van der Waals surface area contributed by atoms with Gasteiger partial charge in [-0.1, -0.05) is 0 Å². The Bertz CT molecular complexity index is 368. The fourth-order valence-corrected chi connectivity index (χ4v) is 1.06. The van der Waals surface area contributed by atoms with Gasteiger partial charge in [0, 0.05) is 6.07 Å². The predicted octanol–water partition coefficient (Wildman–Crippen LogP) is 0.212. The van der Waals surface area contributed by atoms with Crippen molar-refractivity contribution < 1.29 is 19.4 Å². The Balaban J connectivity index is 2.85. The number of esters is 1. The molecule has 1 heterocycles. The van der Waals surface area contributed by atoms with Crippen LogP contribution in [-0.4, -0.2) is 35.9 Å². The lowest BCUT2D eigenvalue weighted by atomic mass is 10.2. The average Bonchev–Trinajstić information content (AvgIpc) is 2.28. The zero-order valence-corrected chi connectivity index (χ0v) is 8.97. The summed E-state index contributed by atoms with van der Waals surface area (Å²) in [5.41, 5.74) is 6.03. The fraction of sp³-hybridized carbons (Fsp3) is 0.400. The number of rotatable bonds is 5. The highest BCUT2D eigenvalue weighted by molar-refractivity contribution is 5.95. The number of pyridine rings is 1. The zero-order chi connectivity index (χ0) is 12.0. The van der Waals surface area contributed by atoms with Crippen LogP contribution in [0.2, 0.25) is 0 Å². The Labute approximate surface area is 93.0 Å². The first kappa shape index (κ1) is 12.3. The van der Waals surface area contributed by atoms with Gasteiger partial charge in [0.05, 0.1) is 30.7 Å². The molecule has 0 amide bonds. The van der Waals surface area contributed by atoms with Crippen molar-refractivity contribution in [3.8, 4) is 5.88 Å². The first-order chi connectivity index (χ1) is 7.69. The molecule has 6 heteroatoms. The topological polar surface area (TPSA) is 94.7 Å². The lowest BCUT2D eigenvalue weighted by Crippen LogP contribution is -2.10. The first-order valence-electron chi connectivity index (χ1n) is 4.85. The summed E-state index contributed by atoms with van der Waals surface area (Å²) in [7, 11) is 0. The van der Waals surface area contributed by atoms with E-state index >= 15 is 0 Å². The number of nitrogens with two attached hydrogens (primary N) is 1. The Kier molecular flexibility index (Phi) is 4.53. The van der Waals surface area contributed by atoms with Crippen LogP contribution in [0, 0.1) is 0 Å². The molecule has 16 heavy (non-hydrogen) atoms. The van der Waals surface area contributed by atoms with Crippen LogP contribution in [0.4, 0.5) is 5.69 Å². The molecule has 0 radical (unpaired) electrons.